The van der Waals surface area contributed by atoms with Crippen LogP contribution in [0.3, 0.4) is 0 Å². The predicted octanol–water partition coefficient (Wildman–Crippen LogP) is 6.17. The van der Waals surface area contributed by atoms with Gasteiger partial charge in [0, 0.05) is 0 Å². The van der Waals surface area contributed by atoms with Crippen LogP contribution in [0.5, 0.6) is 0 Å². The molecule has 0 unspecified atom stereocenters. The summed E-state index contributed by atoms with van der Waals surface area (Å²) >= 11 is 4.23. The molecule has 0 bridgehead atoms. The second kappa shape index (κ2) is 16.1. The fraction of sp³-hybridized carbons (Fsp3) is 0.875. The highest BCUT2D eigenvalue weighted by atomic mass is 32.1. The Bertz CT molecular complexity index is 152. The third-order valence-electron chi connectivity index (χ3n) is 3.26. The largest absolute Gasteiger partial charge is 0.179 e. The van der Waals surface area contributed by atoms with E-state index in [9.17, 15) is 0 Å². The van der Waals surface area contributed by atoms with Gasteiger partial charge in [0.05, 0.1) is 0 Å². The summed E-state index contributed by atoms with van der Waals surface area (Å²) in [4.78, 5) is 0. The summed E-state index contributed by atoms with van der Waals surface area (Å²) in [5.41, 5.74) is 0. The van der Waals surface area contributed by atoms with Crippen LogP contribution in [0.1, 0.15) is 84.0 Å². The summed E-state index contributed by atoms with van der Waals surface area (Å²) in [7, 11) is 0. The minimum Gasteiger partial charge on any atom is -0.179 e. The van der Waals surface area contributed by atoms with Gasteiger partial charge in [0.25, 0.3) is 0 Å². The normalized spacial score (nSPS) is 11.4. The van der Waals surface area contributed by atoms with Crippen LogP contribution in [0.25, 0.3) is 0 Å². The topological polar surface area (TPSA) is 0 Å². The van der Waals surface area contributed by atoms with Crippen molar-refractivity contribution in [1.82, 2.24) is 0 Å². The van der Waals surface area contributed by atoms with Gasteiger partial charge in [-0.15, -0.1) is 0 Å². The van der Waals surface area contributed by atoms with Gasteiger partial charge >= 0.3 is 0 Å². The summed E-state index contributed by atoms with van der Waals surface area (Å²) in [6, 6.07) is 0. The van der Waals surface area contributed by atoms with Crippen molar-refractivity contribution in [2.24, 2.45) is 0 Å². The van der Waals surface area contributed by atoms with Crippen LogP contribution < -0.4 is 0 Å². The molecule has 102 valence electrons. The lowest BCUT2D eigenvalue weighted by atomic mass is 10.1. The zero-order chi connectivity index (χ0) is 12.6. The van der Waals surface area contributed by atoms with E-state index in [1.54, 1.807) is 0 Å². The van der Waals surface area contributed by atoms with Gasteiger partial charge in [-0.1, -0.05) is 69.9 Å². The Morgan fingerprint density at radius 2 is 1.06 bits per heavy atom. The molecular formula is C16H32S. The third kappa shape index (κ3) is 16.1. The fourth-order valence-corrected chi connectivity index (χ4v) is 2.36. The van der Waals surface area contributed by atoms with Crippen molar-refractivity contribution in [2.75, 3.05) is 5.75 Å². The molecule has 0 aromatic heterocycles. The van der Waals surface area contributed by atoms with Crippen molar-refractivity contribution in [3.05, 3.63) is 12.2 Å². The van der Waals surface area contributed by atoms with E-state index in [2.05, 4.69) is 31.7 Å². The molecule has 0 heterocycles. The smallest absolute Gasteiger partial charge is 0.00979 e. The van der Waals surface area contributed by atoms with Gasteiger partial charge in [-0.3, -0.25) is 0 Å². The standard InChI is InChI=1S/C16H32S/c1-2-3-4-5-6-7-8-9-10-11-12-13-14-15-16-17/h2-3,17H,4-16H2,1H3. The molecule has 0 fully saturated rings. The first-order valence-electron chi connectivity index (χ1n) is 7.64. The van der Waals surface area contributed by atoms with Crippen molar-refractivity contribution in [1.29, 1.82) is 0 Å². The lowest BCUT2D eigenvalue weighted by molar-refractivity contribution is 0.551. The minimum atomic E-state index is 1.06. The van der Waals surface area contributed by atoms with Crippen LogP contribution in [0.2, 0.25) is 0 Å². The van der Waals surface area contributed by atoms with E-state index in [-0.39, 0.29) is 0 Å². The molecule has 0 saturated heterocycles. The fourth-order valence-electron chi connectivity index (χ4n) is 2.13. The van der Waals surface area contributed by atoms with E-state index in [0.717, 1.165) is 5.75 Å². The Kier molecular flexibility index (Phi) is 16.2. The summed E-state index contributed by atoms with van der Waals surface area (Å²) in [5.74, 6) is 1.06. The van der Waals surface area contributed by atoms with Crippen LogP contribution in [0.15, 0.2) is 12.2 Å². The number of rotatable bonds is 13. The van der Waals surface area contributed by atoms with Gasteiger partial charge < -0.3 is 0 Å². The number of hydrogen-bond acceptors (Lipinski definition) is 1. The second-order valence-corrected chi connectivity index (χ2v) is 5.42. The first kappa shape index (κ1) is 17.1. The maximum absolute atomic E-state index is 4.23. The van der Waals surface area contributed by atoms with Crippen LogP contribution in [-0.4, -0.2) is 5.75 Å². The van der Waals surface area contributed by atoms with E-state index >= 15 is 0 Å². The highest BCUT2D eigenvalue weighted by molar-refractivity contribution is 7.80. The quantitative estimate of drug-likeness (QED) is 0.227. The van der Waals surface area contributed by atoms with Crippen molar-refractivity contribution in [3.63, 3.8) is 0 Å². The molecule has 0 aromatic carbocycles. The lowest BCUT2D eigenvalue weighted by Crippen LogP contribution is -1.83. The molecule has 0 rings (SSSR count). The molecule has 0 aliphatic rings. The van der Waals surface area contributed by atoms with Gasteiger partial charge in [-0.05, 0) is 31.9 Å². The van der Waals surface area contributed by atoms with Crippen LogP contribution in [0.4, 0.5) is 0 Å². The van der Waals surface area contributed by atoms with E-state index < -0.39 is 0 Å². The molecular weight excluding hydrogens is 224 g/mol. The molecule has 0 aliphatic heterocycles. The monoisotopic (exact) mass is 256 g/mol. The molecule has 0 saturated carbocycles. The molecule has 0 N–H and O–H groups in total. The first-order chi connectivity index (χ1) is 8.41. The molecule has 0 aromatic rings. The van der Waals surface area contributed by atoms with Crippen LogP contribution >= 0.6 is 12.6 Å². The highest BCUT2D eigenvalue weighted by Gasteiger charge is 1.92. The molecule has 0 nitrogen and oxygen atoms in total. The van der Waals surface area contributed by atoms with Gasteiger partial charge in [0.2, 0.25) is 0 Å². The number of allylic oxidation sites excluding steroid dienone is 2. The third-order valence-corrected chi connectivity index (χ3v) is 3.58. The number of thiol groups is 1. The minimum absolute atomic E-state index is 1.06. The maximum atomic E-state index is 4.23. The van der Waals surface area contributed by atoms with E-state index in [1.807, 2.05) is 0 Å². The average molecular weight is 256 g/mol. The van der Waals surface area contributed by atoms with Gasteiger partial charge in [-0.25, -0.2) is 0 Å². The predicted molar refractivity (Wildman–Crippen MR) is 84.1 cm³/mol. The SMILES string of the molecule is CC=CCCCCCCCCCCCCCS. The van der Waals surface area contributed by atoms with Crippen molar-refractivity contribution >= 4 is 12.6 Å². The van der Waals surface area contributed by atoms with E-state index in [1.165, 1.54) is 77.0 Å². The highest BCUT2D eigenvalue weighted by Crippen LogP contribution is 2.12. The molecule has 0 aliphatic carbocycles. The Hall–Kier alpha value is 0.0900. The first-order valence-corrected chi connectivity index (χ1v) is 8.27. The average Bonchev–Trinajstić information content (AvgIpc) is 2.35. The Morgan fingerprint density at radius 3 is 1.47 bits per heavy atom. The number of hydrogen-bond donors (Lipinski definition) is 1. The molecule has 1 heteroatoms. The van der Waals surface area contributed by atoms with E-state index in [4.69, 9.17) is 0 Å². The van der Waals surface area contributed by atoms with E-state index in [0.29, 0.717) is 0 Å². The lowest BCUT2D eigenvalue weighted by Gasteiger charge is -2.02. The molecule has 17 heavy (non-hydrogen) atoms. The molecule has 0 amide bonds. The van der Waals surface area contributed by atoms with Crippen molar-refractivity contribution < 1.29 is 0 Å². The van der Waals surface area contributed by atoms with Crippen LogP contribution in [0, 0.1) is 0 Å². The Balaban J connectivity index is 2.89. The van der Waals surface area contributed by atoms with Gasteiger partial charge in [0.15, 0.2) is 0 Å². The zero-order valence-corrected chi connectivity index (χ0v) is 12.7. The molecule has 0 atom stereocenters. The summed E-state index contributed by atoms with van der Waals surface area (Å²) in [6.45, 7) is 2.11. The summed E-state index contributed by atoms with van der Waals surface area (Å²) < 4.78 is 0. The van der Waals surface area contributed by atoms with Crippen LogP contribution in [-0.2, 0) is 0 Å². The van der Waals surface area contributed by atoms with Crippen molar-refractivity contribution in [2.45, 2.75) is 84.0 Å². The molecule has 0 spiro atoms. The second-order valence-electron chi connectivity index (χ2n) is 4.97. The van der Waals surface area contributed by atoms with Gasteiger partial charge in [-0.2, -0.15) is 12.6 Å². The summed E-state index contributed by atoms with van der Waals surface area (Å²) in [6.07, 6.45) is 21.3. The molecule has 0 radical (unpaired) electrons. The van der Waals surface area contributed by atoms with Crippen molar-refractivity contribution in [3.8, 4) is 0 Å². The van der Waals surface area contributed by atoms with Gasteiger partial charge in [0.1, 0.15) is 0 Å². The number of unbranched alkanes of at least 4 members (excludes halogenated alkanes) is 11. The Morgan fingerprint density at radius 1 is 0.647 bits per heavy atom. The zero-order valence-electron chi connectivity index (χ0n) is 11.8. The Labute approximate surface area is 115 Å². The summed E-state index contributed by atoms with van der Waals surface area (Å²) in [5, 5.41) is 0. The maximum Gasteiger partial charge on any atom is -0.00979 e.